The second-order valence-corrected chi connectivity index (χ2v) is 5.51. The maximum Gasteiger partial charge on any atom is 0.271 e. The zero-order valence-electron chi connectivity index (χ0n) is 13.5. The molecule has 0 spiro atoms. The van der Waals surface area contributed by atoms with Crippen LogP contribution < -0.4 is 19.6 Å². The van der Waals surface area contributed by atoms with Crippen molar-refractivity contribution in [3.8, 4) is 17.2 Å². The molecule has 0 aliphatic heterocycles. The van der Waals surface area contributed by atoms with Gasteiger partial charge in [-0.1, -0.05) is 0 Å². The van der Waals surface area contributed by atoms with E-state index >= 15 is 0 Å². The Hall–Kier alpha value is -2.54. The summed E-state index contributed by atoms with van der Waals surface area (Å²) in [5, 5.41) is 3.97. The maximum atomic E-state index is 12.0. The smallest absolute Gasteiger partial charge is 0.271 e. The first-order chi connectivity index (χ1) is 11.6. The molecule has 126 valence electrons. The van der Waals surface area contributed by atoms with Gasteiger partial charge in [0.05, 0.1) is 32.0 Å². The van der Waals surface area contributed by atoms with Gasteiger partial charge in [0, 0.05) is 17.2 Å². The highest BCUT2D eigenvalue weighted by Crippen LogP contribution is 2.31. The largest absolute Gasteiger partial charge is 0.497 e. The summed E-state index contributed by atoms with van der Waals surface area (Å²) in [6, 6.07) is 10.3. The molecule has 7 heteroatoms. The molecular formula is C17H17BrN2O4. The molecule has 0 radical (unpaired) electrons. The van der Waals surface area contributed by atoms with Gasteiger partial charge in [0.1, 0.15) is 17.2 Å². The van der Waals surface area contributed by atoms with Crippen LogP contribution in [0, 0.1) is 0 Å². The van der Waals surface area contributed by atoms with Crippen molar-refractivity contribution < 1.29 is 19.0 Å². The third kappa shape index (κ3) is 4.26. The SMILES string of the molecule is COc1ccc(C(=O)N/N=C/c2cc(Br)c(OC)cc2OC)cc1. The van der Waals surface area contributed by atoms with Gasteiger partial charge in [-0.2, -0.15) is 5.10 Å². The minimum atomic E-state index is -0.319. The average molecular weight is 393 g/mol. The first-order valence-corrected chi connectivity index (χ1v) is 7.77. The Bertz CT molecular complexity index is 745. The lowest BCUT2D eigenvalue weighted by Gasteiger charge is -2.09. The molecule has 0 fully saturated rings. The first kappa shape index (κ1) is 17.8. The Balaban J connectivity index is 2.10. The summed E-state index contributed by atoms with van der Waals surface area (Å²) < 4.78 is 16.3. The lowest BCUT2D eigenvalue weighted by Crippen LogP contribution is -2.17. The fourth-order valence-corrected chi connectivity index (χ4v) is 2.47. The van der Waals surface area contributed by atoms with Gasteiger partial charge in [-0.05, 0) is 46.3 Å². The normalized spacial score (nSPS) is 10.5. The van der Waals surface area contributed by atoms with Crippen LogP contribution in [0.5, 0.6) is 17.2 Å². The van der Waals surface area contributed by atoms with E-state index in [-0.39, 0.29) is 5.91 Å². The Morgan fingerprint density at radius 2 is 1.71 bits per heavy atom. The molecule has 24 heavy (non-hydrogen) atoms. The third-order valence-corrected chi connectivity index (χ3v) is 3.85. The molecular weight excluding hydrogens is 376 g/mol. The van der Waals surface area contributed by atoms with E-state index < -0.39 is 0 Å². The second kappa shape index (κ2) is 8.35. The topological polar surface area (TPSA) is 69.2 Å². The van der Waals surface area contributed by atoms with Crippen LogP contribution in [-0.2, 0) is 0 Å². The molecule has 6 nitrogen and oxygen atoms in total. The Morgan fingerprint density at radius 1 is 1.04 bits per heavy atom. The van der Waals surface area contributed by atoms with Crippen molar-refractivity contribution in [1.82, 2.24) is 5.43 Å². The molecule has 1 N–H and O–H groups in total. The van der Waals surface area contributed by atoms with Crippen LogP contribution in [0.25, 0.3) is 0 Å². The van der Waals surface area contributed by atoms with Gasteiger partial charge >= 0.3 is 0 Å². The van der Waals surface area contributed by atoms with Crippen molar-refractivity contribution >= 4 is 28.1 Å². The monoisotopic (exact) mass is 392 g/mol. The standard InChI is InChI=1S/C17H17BrN2O4/c1-22-13-6-4-11(5-7-13)17(21)20-19-10-12-8-14(18)16(24-3)9-15(12)23-2/h4-10H,1-3H3,(H,20,21)/b19-10+. The van der Waals surface area contributed by atoms with Crippen LogP contribution in [0.15, 0.2) is 46.0 Å². The first-order valence-electron chi connectivity index (χ1n) is 6.98. The minimum Gasteiger partial charge on any atom is -0.497 e. The fourth-order valence-electron chi connectivity index (χ4n) is 1.95. The summed E-state index contributed by atoms with van der Waals surface area (Å²) in [5.74, 6) is 1.59. The van der Waals surface area contributed by atoms with Crippen molar-refractivity contribution in [2.75, 3.05) is 21.3 Å². The van der Waals surface area contributed by atoms with E-state index in [2.05, 4.69) is 26.5 Å². The summed E-state index contributed by atoms with van der Waals surface area (Å²) in [6.07, 6.45) is 1.50. The molecule has 1 amide bonds. The van der Waals surface area contributed by atoms with Gasteiger partial charge in [0.15, 0.2) is 0 Å². The van der Waals surface area contributed by atoms with Gasteiger partial charge in [0.2, 0.25) is 0 Å². The van der Waals surface area contributed by atoms with Crippen LogP contribution in [-0.4, -0.2) is 33.5 Å². The molecule has 0 aromatic heterocycles. The van der Waals surface area contributed by atoms with Crippen LogP contribution in [0.1, 0.15) is 15.9 Å². The number of carbonyl (C=O) groups is 1. The molecule has 2 rings (SSSR count). The number of hydrogen-bond acceptors (Lipinski definition) is 5. The number of hydrazone groups is 1. The Kier molecular flexibility index (Phi) is 6.20. The number of halogens is 1. The zero-order chi connectivity index (χ0) is 17.5. The summed E-state index contributed by atoms with van der Waals surface area (Å²) in [7, 11) is 4.69. The average Bonchev–Trinajstić information content (AvgIpc) is 2.62. The van der Waals surface area contributed by atoms with Crippen molar-refractivity contribution in [3.05, 3.63) is 52.0 Å². The lowest BCUT2D eigenvalue weighted by atomic mass is 10.2. The quantitative estimate of drug-likeness (QED) is 0.605. The number of nitrogens with zero attached hydrogens (tertiary/aromatic N) is 1. The van der Waals surface area contributed by atoms with Gasteiger partial charge < -0.3 is 14.2 Å². The zero-order valence-corrected chi connectivity index (χ0v) is 15.1. The van der Waals surface area contributed by atoms with E-state index in [4.69, 9.17) is 14.2 Å². The van der Waals surface area contributed by atoms with E-state index in [0.29, 0.717) is 28.4 Å². The van der Waals surface area contributed by atoms with Crippen molar-refractivity contribution in [3.63, 3.8) is 0 Å². The summed E-state index contributed by atoms with van der Waals surface area (Å²) in [4.78, 5) is 12.0. The van der Waals surface area contributed by atoms with Gasteiger partial charge in [-0.3, -0.25) is 4.79 Å². The molecule has 2 aromatic carbocycles. The van der Waals surface area contributed by atoms with E-state index in [0.717, 1.165) is 4.47 Å². The maximum absolute atomic E-state index is 12.0. The molecule has 0 aliphatic carbocycles. The minimum absolute atomic E-state index is 0.319. The van der Waals surface area contributed by atoms with Crippen LogP contribution in [0.4, 0.5) is 0 Å². The summed E-state index contributed by atoms with van der Waals surface area (Å²) in [5.41, 5.74) is 3.65. The molecule has 0 aliphatic rings. The number of amides is 1. The van der Waals surface area contributed by atoms with Crippen LogP contribution in [0.2, 0.25) is 0 Å². The number of nitrogens with one attached hydrogen (secondary N) is 1. The molecule has 0 atom stereocenters. The molecule has 0 unspecified atom stereocenters. The van der Waals surface area contributed by atoms with E-state index in [1.807, 2.05) is 0 Å². The molecule has 0 heterocycles. The van der Waals surface area contributed by atoms with Gasteiger partial charge in [-0.15, -0.1) is 0 Å². The number of carbonyl (C=O) groups excluding carboxylic acids is 1. The number of hydrogen-bond donors (Lipinski definition) is 1. The highest BCUT2D eigenvalue weighted by molar-refractivity contribution is 9.10. The molecule has 2 aromatic rings. The van der Waals surface area contributed by atoms with Crippen molar-refractivity contribution in [2.45, 2.75) is 0 Å². The number of ether oxygens (including phenoxy) is 3. The van der Waals surface area contributed by atoms with E-state index in [1.54, 1.807) is 57.7 Å². The van der Waals surface area contributed by atoms with E-state index in [1.165, 1.54) is 6.21 Å². The number of rotatable bonds is 6. The van der Waals surface area contributed by atoms with E-state index in [9.17, 15) is 4.79 Å². The second-order valence-electron chi connectivity index (χ2n) is 4.66. The fraction of sp³-hybridized carbons (Fsp3) is 0.176. The highest BCUT2D eigenvalue weighted by atomic mass is 79.9. The third-order valence-electron chi connectivity index (χ3n) is 3.23. The summed E-state index contributed by atoms with van der Waals surface area (Å²) >= 11 is 3.40. The number of benzene rings is 2. The van der Waals surface area contributed by atoms with Gasteiger partial charge in [0.25, 0.3) is 5.91 Å². The Morgan fingerprint density at radius 3 is 2.29 bits per heavy atom. The molecule has 0 saturated heterocycles. The predicted octanol–water partition coefficient (Wildman–Crippen LogP) is 3.24. The van der Waals surface area contributed by atoms with Crippen LogP contribution in [0.3, 0.4) is 0 Å². The Labute approximate surface area is 148 Å². The van der Waals surface area contributed by atoms with Crippen molar-refractivity contribution in [1.29, 1.82) is 0 Å². The van der Waals surface area contributed by atoms with Crippen molar-refractivity contribution in [2.24, 2.45) is 5.10 Å². The highest BCUT2D eigenvalue weighted by Gasteiger charge is 2.08. The predicted molar refractivity (Wildman–Crippen MR) is 95.3 cm³/mol. The lowest BCUT2D eigenvalue weighted by molar-refractivity contribution is 0.0955. The molecule has 0 saturated carbocycles. The van der Waals surface area contributed by atoms with Gasteiger partial charge in [-0.25, -0.2) is 5.43 Å². The van der Waals surface area contributed by atoms with Crippen LogP contribution >= 0.6 is 15.9 Å². The molecule has 0 bridgehead atoms. The summed E-state index contributed by atoms with van der Waals surface area (Å²) in [6.45, 7) is 0. The number of methoxy groups -OCH3 is 3.